The fourth-order valence-electron chi connectivity index (χ4n) is 3.02. The van der Waals surface area contributed by atoms with Crippen LogP contribution in [-0.2, 0) is 11.2 Å². The molecule has 1 N–H and O–H groups in total. The van der Waals surface area contributed by atoms with Gasteiger partial charge in [0.25, 0.3) is 5.91 Å². The maximum absolute atomic E-state index is 13.1. The number of hydrogen-bond donors (Lipinski definition) is 1. The number of aromatic nitrogens is 1. The average Bonchev–Trinajstić information content (AvgIpc) is 3.14. The molecule has 0 aliphatic rings. The molecule has 0 spiro atoms. The highest BCUT2D eigenvalue weighted by molar-refractivity contribution is 7.22. The Balaban J connectivity index is 1.67. The van der Waals surface area contributed by atoms with Crippen LogP contribution >= 0.6 is 11.3 Å². The molecule has 4 aromatic rings. The van der Waals surface area contributed by atoms with Crippen molar-refractivity contribution >= 4 is 44.2 Å². The zero-order valence-electron chi connectivity index (χ0n) is 15.6. The first-order chi connectivity index (χ1) is 13.7. The summed E-state index contributed by atoms with van der Waals surface area (Å²) in [7, 11) is 0. The number of nitrogens with zero attached hydrogens (tertiary/aromatic N) is 1. The van der Waals surface area contributed by atoms with E-state index in [0.29, 0.717) is 10.7 Å². The number of anilines is 1. The Kier molecular flexibility index (Phi) is 5.31. The topological polar surface area (TPSA) is 42.0 Å². The second-order valence-electron chi connectivity index (χ2n) is 6.46. The van der Waals surface area contributed by atoms with Gasteiger partial charge in [0.05, 0.1) is 10.2 Å². The predicted octanol–water partition coefficient (Wildman–Crippen LogP) is 6.04. The maximum atomic E-state index is 13.1. The molecule has 0 unspecified atom stereocenters. The molecule has 0 radical (unpaired) electrons. The van der Waals surface area contributed by atoms with Crippen molar-refractivity contribution < 1.29 is 4.79 Å². The summed E-state index contributed by atoms with van der Waals surface area (Å²) in [5.41, 5.74) is 4.64. The van der Waals surface area contributed by atoms with Gasteiger partial charge in [0.1, 0.15) is 0 Å². The molecule has 3 aromatic carbocycles. The molecule has 3 nitrogen and oxygen atoms in total. The highest BCUT2D eigenvalue weighted by atomic mass is 32.1. The molecule has 0 aliphatic heterocycles. The van der Waals surface area contributed by atoms with Crippen LogP contribution < -0.4 is 5.32 Å². The van der Waals surface area contributed by atoms with E-state index in [0.717, 1.165) is 27.8 Å². The lowest BCUT2D eigenvalue weighted by Crippen LogP contribution is -2.13. The van der Waals surface area contributed by atoms with Crippen LogP contribution in [0.4, 0.5) is 5.13 Å². The summed E-state index contributed by atoms with van der Waals surface area (Å²) in [6.45, 7) is 2.13. The van der Waals surface area contributed by atoms with E-state index in [1.807, 2.05) is 72.8 Å². The van der Waals surface area contributed by atoms with Crippen LogP contribution in [-0.4, -0.2) is 10.9 Å². The normalized spacial score (nSPS) is 11.5. The van der Waals surface area contributed by atoms with Gasteiger partial charge in [-0.05, 0) is 41.3 Å². The minimum absolute atomic E-state index is 0.162. The van der Waals surface area contributed by atoms with E-state index in [1.54, 1.807) is 0 Å². The van der Waals surface area contributed by atoms with Gasteiger partial charge in [0, 0.05) is 5.57 Å². The van der Waals surface area contributed by atoms with Crippen molar-refractivity contribution in [2.24, 2.45) is 0 Å². The maximum Gasteiger partial charge on any atom is 0.258 e. The molecule has 138 valence electrons. The van der Waals surface area contributed by atoms with Crippen molar-refractivity contribution in [1.82, 2.24) is 4.98 Å². The molecular weight excluding hydrogens is 364 g/mol. The van der Waals surface area contributed by atoms with Crippen LogP contribution in [0, 0.1) is 0 Å². The van der Waals surface area contributed by atoms with Crippen LogP contribution in [0.3, 0.4) is 0 Å². The molecule has 1 aromatic heterocycles. The third kappa shape index (κ3) is 4.02. The van der Waals surface area contributed by atoms with Gasteiger partial charge in [-0.25, -0.2) is 4.98 Å². The SMILES string of the molecule is CCc1ccc2nc(NC(=O)/C(=C\c3ccccc3)c3ccccc3)sc2c1. The van der Waals surface area contributed by atoms with Crippen molar-refractivity contribution in [2.45, 2.75) is 13.3 Å². The minimum Gasteiger partial charge on any atom is -0.298 e. The Morgan fingerprint density at radius 3 is 2.43 bits per heavy atom. The third-order valence-corrected chi connectivity index (χ3v) is 5.46. The van der Waals surface area contributed by atoms with Crippen LogP contribution in [0.5, 0.6) is 0 Å². The zero-order valence-corrected chi connectivity index (χ0v) is 16.4. The fraction of sp³-hybridized carbons (Fsp3) is 0.0833. The van der Waals surface area contributed by atoms with Gasteiger partial charge in [0.2, 0.25) is 0 Å². The summed E-state index contributed by atoms with van der Waals surface area (Å²) in [5.74, 6) is -0.162. The smallest absolute Gasteiger partial charge is 0.258 e. The van der Waals surface area contributed by atoms with Crippen molar-refractivity contribution in [3.8, 4) is 0 Å². The second-order valence-corrected chi connectivity index (χ2v) is 7.49. The van der Waals surface area contributed by atoms with Gasteiger partial charge in [-0.2, -0.15) is 0 Å². The van der Waals surface area contributed by atoms with Crippen LogP contribution in [0.2, 0.25) is 0 Å². The molecule has 0 saturated heterocycles. The van der Waals surface area contributed by atoms with E-state index < -0.39 is 0 Å². The zero-order chi connectivity index (χ0) is 19.3. The molecule has 0 aliphatic carbocycles. The minimum atomic E-state index is -0.162. The molecule has 1 heterocycles. The van der Waals surface area contributed by atoms with Gasteiger partial charge in [0.15, 0.2) is 5.13 Å². The van der Waals surface area contributed by atoms with E-state index in [-0.39, 0.29) is 5.91 Å². The Morgan fingerprint density at radius 2 is 1.71 bits per heavy atom. The van der Waals surface area contributed by atoms with Crippen molar-refractivity contribution in [2.75, 3.05) is 5.32 Å². The lowest BCUT2D eigenvalue weighted by atomic mass is 10.0. The number of hydrogen-bond acceptors (Lipinski definition) is 3. The van der Waals surface area contributed by atoms with Crippen molar-refractivity contribution in [3.05, 3.63) is 95.6 Å². The lowest BCUT2D eigenvalue weighted by molar-refractivity contribution is -0.111. The summed E-state index contributed by atoms with van der Waals surface area (Å²) >= 11 is 1.50. The fourth-order valence-corrected chi connectivity index (χ4v) is 3.95. The van der Waals surface area contributed by atoms with E-state index in [2.05, 4.69) is 29.4 Å². The van der Waals surface area contributed by atoms with E-state index in [9.17, 15) is 4.79 Å². The summed E-state index contributed by atoms with van der Waals surface area (Å²) in [5, 5.41) is 3.60. The highest BCUT2D eigenvalue weighted by Crippen LogP contribution is 2.28. The second kappa shape index (κ2) is 8.19. The summed E-state index contributed by atoms with van der Waals surface area (Å²) in [6.07, 6.45) is 2.89. The number of thiazole rings is 1. The first kappa shape index (κ1) is 18.1. The van der Waals surface area contributed by atoms with Crippen LogP contribution in [0.15, 0.2) is 78.9 Å². The third-order valence-electron chi connectivity index (χ3n) is 4.52. The monoisotopic (exact) mass is 384 g/mol. The first-order valence-corrected chi connectivity index (χ1v) is 10.1. The van der Waals surface area contributed by atoms with Gasteiger partial charge in [-0.3, -0.25) is 10.1 Å². The van der Waals surface area contributed by atoms with Gasteiger partial charge in [-0.1, -0.05) is 85.0 Å². The number of benzene rings is 3. The lowest BCUT2D eigenvalue weighted by Gasteiger charge is -2.08. The number of fused-ring (bicyclic) bond motifs is 1. The Hall–Kier alpha value is -3.24. The van der Waals surface area contributed by atoms with E-state index in [4.69, 9.17) is 0 Å². The van der Waals surface area contributed by atoms with E-state index in [1.165, 1.54) is 16.9 Å². The molecule has 4 heteroatoms. The first-order valence-electron chi connectivity index (χ1n) is 9.26. The number of aryl methyl sites for hydroxylation is 1. The van der Waals surface area contributed by atoms with E-state index >= 15 is 0 Å². The predicted molar refractivity (Wildman–Crippen MR) is 118 cm³/mol. The van der Waals surface area contributed by atoms with Crippen molar-refractivity contribution in [3.63, 3.8) is 0 Å². The van der Waals surface area contributed by atoms with Crippen molar-refractivity contribution in [1.29, 1.82) is 0 Å². The highest BCUT2D eigenvalue weighted by Gasteiger charge is 2.15. The number of amides is 1. The van der Waals surface area contributed by atoms with Crippen LogP contribution in [0.25, 0.3) is 21.9 Å². The largest absolute Gasteiger partial charge is 0.298 e. The number of carbonyl (C=O) groups excluding carboxylic acids is 1. The molecule has 28 heavy (non-hydrogen) atoms. The molecule has 0 saturated carbocycles. The summed E-state index contributed by atoms with van der Waals surface area (Å²) < 4.78 is 1.09. The number of rotatable bonds is 5. The molecule has 1 amide bonds. The number of carbonyl (C=O) groups is 1. The molecule has 0 atom stereocenters. The standard InChI is InChI=1S/C24H20N2OS/c1-2-17-13-14-21-22(16-17)28-24(25-21)26-23(27)20(19-11-7-4-8-12-19)15-18-9-5-3-6-10-18/h3-16H,2H2,1H3,(H,25,26,27)/b20-15-. The average molecular weight is 385 g/mol. The van der Waals surface area contributed by atoms with Gasteiger partial charge < -0.3 is 0 Å². The molecule has 0 fully saturated rings. The Bertz CT molecular complexity index is 1130. The van der Waals surface area contributed by atoms with Crippen LogP contribution in [0.1, 0.15) is 23.6 Å². The molecule has 4 rings (SSSR count). The molecule has 0 bridgehead atoms. The Labute approximate surface area is 168 Å². The molecular formula is C24H20N2OS. The van der Waals surface area contributed by atoms with Gasteiger partial charge >= 0.3 is 0 Å². The summed E-state index contributed by atoms with van der Waals surface area (Å²) in [6, 6.07) is 25.8. The number of nitrogens with one attached hydrogen (secondary N) is 1. The Morgan fingerprint density at radius 1 is 1.00 bits per heavy atom. The van der Waals surface area contributed by atoms with Gasteiger partial charge in [-0.15, -0.1) is 0 Å². The quantitative estimate of drug-likeness (QED) is 0.337. The summed E-state index contributed by atoms with van der Waals surface area (Å²) in [4.78, 5) is 17.7.